The van der Waals surface area contributed by atoms with Gasteiger partial charge in [-0.3, -0.25) is 0 Å². The molecule has 3 nitrogen and oxygen atoms in total. The molecule has 0 spiro atoms. The number of hydrogen-bond acceptors (Lipinski definition) is 3. The fourth-order valence-electron chi connectivity index (χ4n) is 1.50. The van der Waals surface area contributed by atoms with Crippen LogP contribution in [0.4, 0.5) is 4.79 Å². The van der Waals surface area contributed by atoms with E-state index in [0.29, 0.717) is 0 Å². The van der Waals surface area contributed by atoms with E-state index in [9.17, 15) is 4.79 Å². The summed E-state index contributed by atoms with van der Waals surface area (Å²) in [6, 6.07) is 9.65. The van der Waals surface area contributed by atoms with Crippen molar-refractivity contribution < 1.29 is 14.3 Å². The second kappa shape index (κ2) is 4.97. The van der Waals surface area contributed by atoms with Crippen molar-refractivity contribution in [2.75, 3.05) is 0 Å². The molecule has 2 rings (SSSR count). The number of benzene rings is 1. The van der Waals surface area contributed by atoms with Crippen LogP contribution in [0, 0.1) is 11.8 Å². The van der Waals surface area contributed by atoms with Crippen LogP contribution in [-0.2, 0) is 9.47 Å². The lowest BCUT2D eigenvalue weighted by Crippen LogP contribution is -2.27. The average molecular weight is 258 g/mol. The highest BCUT2D eigenvalue weighted by molar-refractivity contribution is 5.62. The molecular formula is C16H18O3. The van der Waals surface area contributed by atoms with Gasteiger partial charge in [-0.15, -0.1) is 0 Å². The standard InChI is InChI=1S/C16H18O3/c1-15(2,3)18-14(17)19-16(11-12-16)10-9-13-7-5-4-6-8-13/h4-8H,11-12H2,1-3H3. The van der Waals surface area contributed by atoms with Gasteiger partial charge in [-0.05, 0) is 38.8 Å². The van der Waals surface area contributed by atoms with E-state index in [1.165, 1.54) is 0 Å². The Bertz CT molecular complexity index is 510. The maximum atomic E-state index is 11.6. The molecule has 0 aliphatic heterocycles. The third-order valence-electron chi connectivity index (χ3n) is 2.58. The summed E-state index contributed by atoms with van der Waals surface area (Å²) in [4.78, 5) is 11.6. The molecule has 3 heteroatoms. The number of rotatable bonds is 1. The molecule has 1 aliphatic carbocycles. The van der Waals surface area contributed by atoms with Gasteiger partial charge in [0.2, 0.25) is 0 Å². The van der Waals surface area contributed by atoms with Crippen LogP contribution in [0.25, 0.3) is 0 Å². The van der Waals surface area contributed by atoms with Crippen LogP contribution >= 0.6 is 0 Å². The summed E-state index contributed by atoms with van der Waals surface area (Å²) in [7, 11) is 0. The van der Waals surface area contributed by atoms with Gasteiger partial charge in [0.25, 0.3) is 0 Å². The van der Waals surface area contributed by atoms with E-state index in [1.807, 2.05) is 51.1 Å². The van der Waals surface area contributed by atoms with Gasteiger partial charge in [-0.25, -0.2) is 4.79 Å². The van der Waals surface area contributed by atoms with E-state index in [1.54, 1.807) is 0 Å². The zero-order chi connectivity index (χ0) is 13.9. The molecule has 0 aromatic heterocycles. The number of ether oxygens (including phenoxy) is 2. The minimum atomic E-state index is -0.646. The molecule has 1 fully saturated rings. The van der Waals surface area contributed by atoms with Crippen LogP contribution in [-0.4, -0.2) is 17.4 Å². The molecule has 1 saturated carbocycles. The molecule has 0 unspecified atom stereocenters. The molecule has 0 radical (unpaired) electrons. The highest BCUT2D eigenvalue weighted by Crippen LogP contribution is 2.39. The van der Waals surface area contributed by atoms with Gasteiger partial charge in [-0.2, -0.15) is 0 Å². The van der Waals surface area contributed by atoms with Crippen molar-refractivity contribution in [1.82, 2.24) is 0 Å². The molecule has 0 heterocycles. The van der Waals surface area contributed by atoms with Crippen molar-refractivity contribution in [3.05, 3.63) is 35.9 Å². The van der Waals surface area contributed by atoms with Crippen LogP contribution < -0.4 is 0 Å². The Kier molecular flexibility index (Phi) is 3.53. The molecule has 0 amide bonds. The smallest absolute Gasteiger partial charge is 0.429 e. The zero-order valence-corrected chi connectivity index (χ0v) is 11.5. The first-order chi connectivity index (χ1) is 8.89. The molecule has 100 valence electrons. The second-order valence-corrected chi connectivity index (χ2v) is 5.68. The Morgan fingerprint density at radius 2 is 1.84 bits per heavy atom. The predicted molar refractivity (Wildman–Crippen MR) is 72.6 cm³/mol. The Balaban J connectivity index is 1.97. The van der Waals surface area contributed by atoms with Gasteiger partial charge in [0, 0.05) is 18.4 Å². The summed E-state index contributed by atoms with van der Waals surface area (Å²) in [5.74, 6) is 6.06. The van der Waals surface area contributed by atoms with E-state index < -0.39 is 17.4 Å². The number of hydrogen-bond donors (Lipinski definition) is 0. The molecule has 1 aromatic carbocycles. The third kappa shape index (κ3) is 4.33. The lowest BCUT2D eigenvalue weighted by molar-refractivity contribution is -0.0217. The van der Waals surface area contributed by atoms with E-state index in [0.717, 1.165) is 18.4 Å². The summed E-state index contributed by atoms with van der Waals surface area (Å²) < 4.78 is 10.4. The van der Waals surface area contributed by atoms with Gasteiger partial charge < -0.3 is 9.47 Å². The summed E-state index contributed by atoms with van der Waals surface area (Å²) in [6.45, 7) is 5.43. The maximum absolute atomic E-state index is 11.6. The fraction of sp³-hybridized carbons (Fsp3) is 0.438. The molecule has 1 aromatic rings. The quantitative estimate of drug-likeness (QED) is 0.571. The van der Waals surface area contributed by atoms with Crippen molar-refractivity contribution in [2.45, 2.75) is 44.8 Å². The highest BCUT2D eigenvalue weighted by atomic mass is 16.7. The van der Waals surface area contributed by atoms with E-state index in [4.69, 9.17) is 9.47 Å². The van der Waals surface area contributed by atoms with Crippen LogP contribution in [0.5, 0.6) is 0 Å². The van der Waals surface area contributed by atoms with Crippen LogP contribution in [0.3, 0.4) is 0 Å². The van der Waals surface area contributed by atoms with E-state index in [-0.39, 0.29) is 0 Å². The maximum Gasteiger partial charge on any atom is 0.510 e. The Hall–Kier alpha value is -1.95. The van der Waals surface area contributed by atoms with Gasteiger partial charge in [-0.1, -0.05) is 24.1 Å². The molecule has 19 heavy (non-hydrogen) atoms. The molecule has 0 bridgehead atoms. The van der Waals surface area contributed by atoms with E-state index in [2.05, 4.69) is 11.8 Å². The minimum absolute atomic E-state index is 0.542. The third-order valence-corrected chi connectivity index (χ3v) is 2.58. The molecule has 0 saturated heterocycles. The van der Waals surface area contributed by atoms with Gasteiger partial charge in [0.1, 0.15) is 5.60 Å². The first-order valence-corrected chi connectivity index (χ1v) is 6.39. The van der Waals surface area contributed by atoms with Crippen LogP contribution in [0.15, 0.2) is 30.3 Å². The molecule has 1 aliphatic rings. The van der Waals surface area contributed by atoms with Gasteiger partial charge in [0.15, 0.2) is 5.60 Å². The Labute approximate surface area is 113 Å². The summed E-state index contributed by atoms with van der Waals surface area (Å²) >= 11 is 0. The average Bonchev–Trinajstić information content (AvgIpc) is 3.05. The Morgan fingerprint density at radius 3 is 2.37 bits per heavy atom. The summed E-state index contributed by atoms with van der Waals surface area (Å²) in [5, 5.41) is 0. The van der Waals surface area contributed by atoms with Gasteiger partial charge >= 0.3 is 6.16 Å². The first-order valence-electron chi connectivity index (χ1n) is 6.39. The number of carbonyl (C=O) groups excluding carboxylic acids is 1. The van der Waals surface area contributed by atoms with Crippen LogP contribution in [0.2, 0.25) is 0 Å². The number of carbonyl (C=O) groups is 1. The van der Waals surface area contributed by atoms with Gasteiger partial charge in [0.05, 0.1) is 0 Å². The van der Waals surface area contributed by atoms with Crippen molar-refractivity contribution in [3.63, 3.8) is 0 Å². The minimum Gasteiger partial charge on any atom is -0.429 e. The summed E-state index contributed by atoms with van der Waals surface area (Å²) in [6.07, 6.45) is 0.894. The molecule has 0 N–H and O–H groups in total. The zero-order valence-electron chi connectivity index (χ0n) is 11.5. The normalized spacial score (nSPS) is 15.9. The van der Waals surface area contributed by atoms with Crippen LogP contribution in [0.1, 0.15) is 39.2 Å². The first kappa shape index (κ1) is 13.5. The lowest BCUT2D eigenvalue weighted by Gasteiger charge is -2.20. The fourth-order valence-corrected chi connectivity index (χ4v) is 1.50. The molecular weight excluding hydrogens is 240 g/mol. The van der Waals surface area contributed by atoms with Crippen molar-refractivity contribution in [1.29, 1.82) is 0 Å². The summed E-state index contributed by atoms with van der Waals surface area (Å²) in [5.41, 5.74) is -0.264. The topological polar surface area (TPSA) is 35.5 Å². The second-order valence-electron chi connectivity index (χ2n) is 5.68. The lowest BCUT2D eigenvalue weighted by atomic mass is 10.2. The Morgan fingerprint density at radius 1 is 1.21 bits per heavy atom. The van der Waals surface area contributed by atoms with Crippen molar-refractivity contribution >= 4 is 6.16 Å². The predicted octanol–water partition coefficient (Wildman–Crippen LogP) is 3.52. The van der Waals surface area contributed by atoms with Crippen molar-refractivity contribution in [3.8, 4) is 11.8 Å². The largest absolute Gasteiger partial charge is 0.510 e. The monoisotopic (exact) mass is 258 g/mol. The van der Waals surface area contributed by atoms with E-state index >= 15 is 0 Å². The van der Waals surface area contributed by atoms with Crippen molar-refractivity contribution in [2.24, 2.45) is 0 Å². The SMILES string of the molecule is CC(C)(C)OC(=O)OC1(C#Cc2ccccc2)CC1. The molecule has 0 atom stereocenters. The highest BCUT2D eigenvalue weighted by Gasteiger charge is 2.46.